The molecule has 0 bridgehead atoms. The lowest BCUT2D eigenvalue weighted by atomic mass is 9.98. The maximum Gasteiger partial charge on any atom is 0.402 e. The second-order valence-corrected chi connectivity index (χ2v) is 8.03. The van der Waals surface area contributed by atoms with Crippen molar-refractivity contribution in [1.29, 1.82) is 0 Å². The first kappa shape index (κ1) is 31.4. The lowest BCUT2D eigenvalue weighted by Gasteiger charge is -2.38. The molecule has 0 N–H and O–H groups in total. The van der Waals surface area contributed by atoms with E-state index in [9.17, 15) is 52.5 Å². The Morgan fingerprint density at radius 1 is 0.767 bits per heavy atom. The molecule has 0 aromatic carbocycles. The zero-order chi connectivity index (χ0) is 24.8. The molecule has 184 valence electrons. The normalized spacial score (nSPS) is 15.4. The molecule has 0 aliphatic heterocycles. The summed E-state index contributed by atoms with van der Waals surface area (Å²) >= 11 is 0. The monoisotopic (exact) mass is 485 g/mol. The van der Waals surface area contributed by atoms with E-state index in [0.29, 0.717) is 0 Å². The Bertz CT molecular complexity index is 606. The van der Waals surface area contributed by atoms with Crippen LogP contribution in [0.3, 0.4) is 0 Å². The van der Waals surface area contributed by atoms with Gasteiger partial charge < -0.3 is 9.04 Å². The number of halogens is 9. The first-order chi connectivity index (χ1) is 13.2. The van der Waals surface area contributed by atoms with E-state index in [4.69, 9.17) is 0 Å². The Morgan fingerprint density at radius 2 is 1.10 bits per heavy atom. The molecule has 30 heavy (non-hydrogen) atoms. The third kappa shape index (κ3) is 5.93. The fourth-order valence-electron chi connectivity index (χ4n) is 2.52. The second-order valence-electron chi connectivity index (χ2n) is 6.61. The van der Waals surface area contributed by atoms with E-state index in [1.165, 1.54) is 30.7 Å². The molecular weight excluding hydrogens is 457 g/mol. The minimum absolute atomic E-state index is 0.519. The Hall–Kier alpha value is -0.760. The highest BCUT2D eigenvalue weighted by Gasteiger charge is 2.84. The molecule has 0 saturated carbocycles. The molecule has 0 aliphatic rings. The second kappa shape index (κ2) is 10.7. The minimum Gasteiger partial charge on any atom is -0.743 e. The summed E-state index contributed by atoms with van der Waals surface area (Å²) in [7, 11) is -7.41. The summed E-state index contributed by atoms with van der Waals surface area (Å²) in [6.45, 7) is 15.2. The van der Waals surface area contributed by atoms with Gasteiger partial charge in [0, 0.05) is 0 Å². The molecule has 0 aromatic rings. The Balaban J connectivity index is 0. The molecular formula is C16H28F9NO3S. The highest BCUT2D eigenvalue weighted by atomic mass is 32.2. The van der Waals surface area contributed by atoms with Crippen LogP contribution in [0.5, 0.6) is 0 Å². The van der Waals surface area contributed by atoms with E-state index < -0.39 is 52.2 Å². The number of alkyl halides is 9. The standard InChI is InChI=1S/C8H9F9O3S.C8H20N/c1-2-3-4(9)5(10,11)6(12,13)7(14,15)8(16,17)21(18,19)20;1-5-9(6-2,7-3)8-4/h4H,2-3H2,1H3,(H,18,19,20);5-8H2,1-4H3/q;+1/p-1. The molecule has 14 heteroatoms. The van der Waals surface area contributed by atoms with Gasteiger partial charge in [-0.3, -0.25) is 0 Å². The van der Waals surface area contributed by atoms with Crippen molar-refractivity contribution in [3.63, 3.8) is 0 Å². The van der Waals surface area contributed by atoms with Gasteiger partial charge in [0.05, 0.1) is 26.2 Å². The molecule has 0 amide bonds. The van der Waals surface area contributed by atoms with Crippen LogP contribution in [0.2, 0.25) is 0 Å². The predicted molar refractivity (Wildman–Crippen MR) is 91.7 cm³/mol. The fraction of sp³-hybridized carbons (Fsp3) is 1.00. The number of rotatable bonds is 11. The minimum atomic E-state index is -7.41. The SMILES string of the molecule is CCCC(F)C(F)(F)C(F)(F)C(F)(F)C(F)(F)S(=O)(=O)[O-].CC[N+](CC)(CC)CC. The molecule has 0 saturated heterocycles. The summed E-state index contributed by atoms with van der Waals surface area (Å²) in [6.07, 6.45) is -5.85. The zero-order valence-corrected chi connectivity index (χ0v) is 18.1. The first-order valence-corrected chi connectivity index (χ1v) is 10.6. The molecule has 1 atom stereocenters. The third-order valence-electron chi connectivity index (χ3n) is 5.11. The van der Waals surface area contributed by atoms with Crippen LogP contribution in [0.4, 0.5) is 39.5 Å². The van der Waals surface area contributed by atoms with E-state index in [-0.39, 0.29) is 0 Å². The largest absolute Gasteiger partial charge is 0.743 e. The topological polar surface area (TPSA) is 57.2 Å². The zero-order valence-electron chi connectivity index (χ0n) is 17.3. The smallest absolute Gasteiger partial charge is 0.402 e. The van der Waals surface area contributed by atoms with Gasteiger partial charge in [0.2, 0.25) is 0 Å². The van der Waals surface area contributed by atoms with Crippen LogP contribution in [0.15, 0.2) is 0 Å². The van der Waals surface area contributed by atoms with Crippen molar-refractivity contribution >= 4 is 10.1 Å². The molecule has 0 aromatic heterocycles. The van der Waals surface area contributed by atoms with Gasteiger partial charge in [-0.1, -0.05) is 13.3 Å². The maximum absolute atomic E-state index is 13.0. The summed E-state index contributed by atoms with van der Waals surface area (Å²) in [6, 6.07) is 0. The molecule has 0 heterocycles. The Morgan fingerprint density at radius 3 is 1.30 bits per heavy atom. The quantitative estimate of drug-likeness (QED) is 0.234. The van der Waals surface area contributed by atoms with E-state index in [0.717, 1.165) is 6.92 Å². The van der Waals surface area contributed by atoms with Gasteiger partial charge in [-0.25, -0.2) is 12.8 Å². The van der Waals surface area contributed by atoms with Gasteiger partial charge in [0.1, 0.15) is 0 Å². The first-order valence-electron chi connectivity index (χ1n) is 9.18. The van der Waals surface area contributed by atoms with Crippen LogP contribution >= 0.6 is 0 Å². The van der Waals surface area contributed by atoms with Crippen molar-refractivity contribution in [2.45, 2.75) is 76.7 Å². The Kier molecular flexibility index (Phi) is 11.2. The van der Waals surface area contributed by atoms with Crippen molar-refractivity contribution in [1.82, 2.24) is 0 Å². The van der Waals surface area contributed by atoms with Crippen LogP contribution in [0.25, 0.3) is 0 Å². The third-order valence-corrected chi connectivity index (χ3v) is 6.00. The van der Waals surface area contributed by atoms with Crippen molar-refractivity contribution in [2.24, 2.45) is 0 Å². The number of quaternary nitrogens is 1. The molecule has 0 rings (SSSR count). The summed E-state index contributed by atoms with van der Waals surface area (Å²) in [4.78, 5) is 0. The van der Waals surface area contributed by atoms with Crippen LogP contribution in [0.1, 0.15) is 47.5 Å². The van der Waals surface area contributed by atoms with E-state index >= 15 is 0 Å². The highest BCUT2D eigenvalue weighted by Crippen LogP contribution is 2.55. The molecule has 0 fully saturated rings. The maximum atomic E-state index is 13.0. The van der Waals surface area contributed by atoms with Gasteiger partial charge in [-0.05, 0) is 34.1 Å². The lowest BCUT2D eigenvalue weighted by molar-refractivity contribution is -0.921. The number of hydrogen-bond donors (Lipinski definition) is 0. The Labute approximate surface area is 170 Å². The summed E-state index contributed by atoms with van der Waals surface area (Å²) in [5.41, 5.74) is 0. The summed E-state index contributed by atoms with van der Waals surface area (Å²) in [5, 5.41) is -7.06. The number of hydrogen-bond acceptors (Lipinski definition) is 3. The van der Waals surface area contributed by atoms with Crippen LogP contribution < -0.4 is 0 Å². The van der Waals surface area contributed by atoms with Crippen LogP contribution in [-0.4, -0.2) is 72.8 Å². The average Bonchev–Trinajstić information content (AvgIpc) is 2.63. The fourth-order valence-corrected chi connectivity index (χ4v) is 2.96. The van der Waals surface area contributed by atoms with Gasteiger partial charge >= 0.3 is 23.0 Å². The summed E-state index contributed by atoms with van der Waals surface area (Å²) in [5.74, 6) is -20.8. The lowest BCUT2D eigenvalue weighted by Crippen LogP contribution is -2.66. The van der Waals surface area contributed by atoms with E-state index in [1.54, 1.807) is 0 Å². The van der Waals surface area contributed by atoms with Gasteiger partial charge in [-0.2, -0.15) is 35.1 Å². The van der Waals surface area contributed by atoms with Crippen molar-refractivity contribution < 1.29 is 57.0 Å². The van der Waals surface area contributed by atoms with Crippen LogP contribution in [-0.2, 0) is 10.1 Å². The average molecular weight is 485 g/mol. The van der Waals surface area contributed by atoms with Gasteiger partial charge in [0.25, 0.3) is 0 Å². The van der Waals surface area contributed by atoms with Gasteiger partial charge in [0.15, 0.2) is 16.3 Å². The molecule has 0 radical (unpaired) electrons. The van der Waals surface area contributed by atoms with Crippen LogP contribution in [0, 0.1) is 0 Å². The predicted octanol–water partition coefficient (Wildman–Crippen LogP) is 5.05. The van der Waals surface area contributed by atoms with E-state index in [2.05, 4.69) is 27.7 Å². The number of nitrogens with zero attached hydrogens (tertiary/aromatic N) is 1. The molecule has 0 spiro atoms. The molecule has 4 nitrogen and oxygen atoms in total. The van der Waals surface area contributed by atoms with Gasteiger partial charge in [-0.15, -0.1) is 0 Å². The summed E-state index contributed by atoms with van der Waals surface area (Å²) < 4.78 is 147. The van der Waals surface area contributed by atoms with Crippen molar-refractivity contribution in [2.75, 3.05) is 26.2 Å². The highest BCUT2D eigenvalue weighted by molar-refractivity contribution is 7.86. The molecule has 0 aliphatic carbocycles. The molecule has 1 unspecified atom stereocenters. The van der Waals surface area contributed by atoms with Crippen molar-refractivity contribution in [3.8, 4) is 0 Å². The van der Waals surface area contributed by atoms with E-state index in [1.807, 2.05) is 0 Å². The van der Waals surface area contributed by atoms with Crippen molar-refractivity contribution in [3.05, 3.63) is 0 Å².